The number of amides is 1. The number of carbonyl (C=O) groups excluding carboxylic acids is 1. The number of nitrogens with two attached hydrogens (primary N) is 1. The lowest BCUT2D eigenvalue weighted by molar-refractivity contribution is 0.186. The maximum absolute atomic E-state index is 11.6. The largest absolute Gasteiger partial charge is 0.453 e. The molecule has 10 heterocycles. The SMILES string of the molecule is CNc1nc2cnc(C)cc2n1CC1CCCCC1.CNc1nc2cnc(C)cc2n1CC1CCCCC1.COC(=O)Nc1nc2cnc(C)cc2n1CC1CCCCC1.CSc1nc2cnc(C)cc2n1CC1CCCCC1.Cc1cc2c(cn1)nc(N)n2CC1CCCCC1. The number of ether oxygens (including phenoxy) is 1. The Morgan fingerprint density at radius 1 is 0.412 bits per heavy atom. The number of nitrogens with one attached hydrogen (secondary N) is 3. The summed E-state index contributed by atoms with van der Waals surface area (Å²) in [4.78, 5) is 56.0. The van der Waals surface area contributed by atoms with E-state index >= 15 is 0 Å². The number of fused-ring (bicyclic) bond motifs is 5. The molecule has 0 saturated heterocycles. The first kappa shape index (κ1) is 70.4. The summed E-state index contributed by atoms with van der Waals surface area (Å²) in [6.45, 7) is 15.3. The molecule has 15 rings (SSSR count). The summed E-state index contributed by atoms with van der Waals surface area (Å²) in [7, 11) is 5.24. The van der Waals surface area contributed by atoms with Gasteiger partial charge in [-0.25, -0.2) is 29.7 Å². The standard InChI is InChI=1S/C16H22N4O2.2C15H22N4.C15H21N3S.C14H20N4/c1-11-8-14-13(9-17-11)18-15(19-16(21)22-2)20(14)10-12-6-4-3-5-7-12;2*1-11-8-14-13(9-17-11)18-15(16-2)19(14)10-12-6-4-3-5-7-12;1-11-8-14-13(9-16-11)17-15(19-2)18(14)10-12-6-4-3-5-7-12;1-10-7-13-12(8-16-10)17-14(15)18(13)9-11-5-3-2-4-6-11/h8-9,12H,3-7,10H2,1-2H3,(H,18,19,21);2*8-9,12H,3-7,10H2,1-2H3,(H,16,18);8-9,12H,3-7,10H2,1-2H3;7-8,11H,2-6,9H2,1H3,(H2,15,17). The summed E-state index contributed by atoms with van der Waals surface area (Å²) in [5.74, 6) is 6.91. The van der Waals surface area contributed by atoms with E-state index in [9.17, 15) is 4.79 Å². The fourth-order valence-electron chi connectivity index (χ4n) is 15.5. The summed E-state index contributed by atoms with van der Waals surface area (Å²) < 4.78 is 16.0. The van der Waals surface area contributed by atoms with Crippen LogP contribution in [0, 0.1) is 64.2 Å². The van der Waals surface area contributed by atoms with Crippen molar-refractivity contribution in [2.45, 2.75) is 233 Å². The molecule has 520 valence electrons. The van der Waals surface area contributed by atoms with Gasteiger partial charge in [-0.15, -0.1) is 0 Å². The summed E-state index contributed by atoms with van der Waals surface area (Å²) in [6.07, 6.45) is 44.7. The predicted octanol–water partition coefficient (Wildman–Crippen LogP) is 17.2. The number of imidazole rings is 5. The first-order valence-corrected chi connectivity index (χ1v) is 37.6. The summed E-state index contributed by atoms with van der Waals surface area (Å²) >= 11 is 1.74. The third-order valence-corrected chi connectivity index (χ3v) is 21.4. The first-order valence-electron chi connectivity index (χ1n) is 36.4. The molecule has 10 aromatic rings. The molecule has 0 unspecified atom stereocenters. The van der Waals surface area contributed by atoms with Gasteiger partial charge < -0.3 is 43.9 Å². The second kappa shape index (κ2) is 34.1. The van der Waals surface area contributed by atoms with Crippen LogP contribution in [-0.4, -0.2) is 106 Å². The van der Waals surface area contributed by atoms with E-state index in [0.29, 0.717) is 17.8 Å². The van der Waals surface area contributed by atoms with Crippen molar-refractivity contribution in [2.24, 2.45) is 29.6 Å². The predicted molar refractivity (Wildman–Crippen MR) is 396 cm³/mol. The zero-order chi connectivity index (χ0) is 67.8. The van der Waals surface area contributed by atoms with Crippen molar-refractivity contribution in [2.75, 3.05) is 49.1 Å². The average Bonchev–Trinajstić information content (AvgIpc) is 1.70. The number of anilines is 4. The molecule has 5 aliphatic carbocycles. The molecule has 22 heteroatoms. The molecule has 97 heavy (non-hydrogen) atoms. The second-order valence-corrected chi connectivity index (χ2v) is 28.9. The number of aryl methyl sites for hydroxylation is 5. The van der Waals surface area contributed by atoms with Crippen LogP contribution >= 0.6 is 11.8 Å². The lowest BCUT2D eigenvalue weighted by Gasteiger charge is -2.23. The van der Waals surface area contributed by atoms with E-state index in [1.165, 1.54) is 184 Å². The molecule has 0 radical (unpaired) electrons. The molecule has 1 amide bonds. The Morgan fingerprint density at radius 3 is 1.00 bits per heavy atom. The van der Waals surface area contributed by atoms with Crippen LogP contribution in [0.5, 0.6) is 0 Å². The van der Waals surface area contributed by atoms with Crippen LogP contribution in [-0.2, 0) is 37.5 Å². The number of methoxy groups -OCH3 is 1. The number of thioether (sulfide) groups is 1. The highest BCUT2D eigenvalue weighted by Crippen LogP contribution is 2.35. The Hall–Kier alpha value is -7.88. The number of pyridine rings is 5. The van der Waals surface area contributed by atoms with Crippen molar-refractivity contribution in [3.05, 3.63) is 89.8 Å². The van der Waals surface area contributed by atoms with Gasteiger partial charge in [0.05, 0.1) is 65.7 Å². The molecular formula is C75H107N19O2S. The van der Waals surface area contributed by atoms with Crippen molar-refractivity contribution in [1.29, 1.82) is 0 Å². The van der Waals surface area contributed by atoms with Crippen LogP contribution in [0.1, 0.15) is 189 Å². The van der Waals surface area contributed by atoms with Gasteiger partial charge in [0.25, 0.3) is 0 Å². The number of hydrogen-bond donors (Lipinski definition) is 4. The fraction of sp³-hybridized carbons (Fsp3) is 0.587. The monoisotopic (exact) mass is 1340 g/mol. The van der Waals surface area contributed by atoms with Crippen LogP contribution in [0.25, 0.3) is 55.2 Å². The van der Waals surface area contributed by atoms with Gasteiger partial charge in [0.1, 0.15) is 27.6 Å². The van der Waals surface area contributed by atoms with Crippen molar-refractivity contribution in [3.8, 4) is 0 Å². The van der Waals surface area contributed by atoms with E-state index in [4.69, 9.17) is 15.5 Å². The van der Waals surface area contributed by atoms with Crippen molar-refractivity contribution >= 4 is 96.8 Å². The first-order chi connectivity index (χ1) is 47.2. The quantitative estimate of drug-likeness (QED) is 0.0740. The molecular weight excluding hydrogens is 1230 g/mol. The Kier molecular flexibility index (Phi) is 24.7. The number of hydrogen-bond acceptors (Lipinski definition) is 16. The molecule has 0 spiro atoms. The number of aromatic nitrogens is 15. The smallest absolute Gasteiger partial charge is 0.413 e. The minimum Gasteiger partial charge on any atom is -0.453 e. The highest BCUT2D eigenvalue weighted by Gasteiger charge is 2.24. The minimum atomic E-state index is -0.495. The number of rotatable bonds is 14. The fourth-order valence-corrected chi connectivity index (χ4v) is 16.1. The van der Waals surface area contributed by atoms with Gasteiger partial charge in [-0.1, -0.05) is 108 Å². The van der Waals surface area contributed by atoms with E-state index in [1.54, 1.807) is 18.0 Å². The van der Waals surface area contributed by atoms with E-state index < -0.39 is 6.09 Å². The molecule has 5 N–H and O–H groups in total. The van der Waals surface area contributed by atoms with Crippen LogP contribution in [0.3, 0.4) is 0 Å². The van der Waals surface area contributed by atoms with E-state index in [0.717, 1.165) is 141 Å². The van der Waals surface area contributed by atoms with Crippen molar-refractivity contribution in [3.63, 3.8) is 0 Å². The molecule has 5 aliphatic rings. The number of nitrogen functional groups attached to an aromatic ring is 1. The van der Waals surface area contributed by atoms with Crippen molar-refractivity contribution < 1.29 is 9.53 Å². The zero-order valence-corrected chi connectivity index (χ0v) is 60.2. The van der Waals surface area contributed by atoms with E-state index in [-0.39, 0.29) is 0 Å². The zero-order valence-electron chi connectivity index (χ0n) is 59.4. The molecule has 0 aromatic carbocycles. The van der Waals surface area contributed by atoms with Gasteiger partial charge >= 0.3 is 6.09 Å². The second-order valence-electron chi connectivity index (χ2n) is 28.1. The Labute approximate surface area is 577 Å². The lowest BCUT2D eigenvalue weighted by Crippen LogP contribution is -2.19. The molecule has 0 atom stereocenters. The van der Waals surface area contributed by atoms with Gasteiger partial charge in [0, 0.05) is 75.3 Å². The Bertz CT molecular complexity index is 3920. The molecule has 5 fully saturated rings. The summed E-state index contributed by atoms with van der Waals surface area (Å²) in [5, 5.41) is 10.3. The van der Waals surface area contributed by atoms with Crippen LogP contribution in [0.2, 0.25) is 0 Å². The van der Waals surface area contributed by atoms with Gasteiger partial charge in [-0.2, -0.15) is 0 Å². The summed E-state index contributed by atoms with van der Waals surface area (Å²) in [5.41, 5.74) is 21.7. The Morgan fingerprint density at radius 2 is 0.680 bits per heavy atom. The van der Waals surface area contributed by atoms with Gasteiger partial charge in [0.2, 0.25) is 23.8 Å². The normalized spacial score (nSPS) is 16.8. The van der Waals surface area contributed by atoms with Gasteiger partial charge in [-0.3, -0.25) is 30.2 Å². The molecule has 0 bridgehead atoms. The molecule has 5 saturated carbocycles. The third kappa shape index (κ3) is 18.3. The highest BCUT2D eigenvalue weighted by molar-refractivity contribution is 7.98. The minimum absolute atomic E-state index is 0.495. The van der Waals surface area contributed by atoms with Crippen LogP contribution < -0.4 is 21.7 Å². The maximum atomic E-state index is 11.6. The van der Waals surface area contributed by atoms with Crippen molar-refractivity contribution in [1.82, 2.24) is 72.7 Å². The van der Waals surface area contributed by atoms with Gasteiger partial charge in [-0.05, 0) is 165 Å². The molecule has 21 nitrogen and oxygen atoms in total. The summed E-state index contributed by atoms with van der Waals surface area (Å²) in [6, 6.07) is 10.6. The highest BCUT2D eigenvalue weighted by atomic mass is 32.2. The maximum Gasteiger partial charge on any atom is 0.413 e. The van der Waals surface area contributed by atoms with Crippen LogP contribution in [0.15, 0.2) is 66.5 Å². The van der Waals surface area contributed by atoms with E-state index in [2.05, 4.69) is 121 Å². The number of nitrogens with zero attached hydrogens (tertiary/aromatic N) is 15. The third-order valence-electron chi connectivity index (χ3n) is 20.7. The average molecular weight is 1340 g/mol. The Balaban J connectivity index is 0.000000123. The van der Waals surface area contributed by atoms with Crippen LogP contribution in [0.4, 0.5) is 28.6 Å². The number of carbonyl (C=O) groups is 1. The molecule has 10 aromatic heterocycles. The lowest BCUT2D eigenvalue weighted by atomic mass is 9.89. The molecule has 0 aliphatic heterocycles. The van der Waals surface area contributed by atoms with Gasteiger partial charge in [0.15, 0.2) is 5.16 Å². The van der Waals surface area contributed by atoms with E-state index in [1.807, 2.05) is 72.6 Å². The topological polar surface area (TPSA) is 242 Å².